The van der Waals surface area contributed by atoms with Crippen molar-refractivity contribution in [1.29, 1.82) is 0 Å². The number of carbonyl (C=O) groups is 11. The van der Waals surface area contributed by atoms with Gasteiger partial charge in [-0.05, 0) is 103 Å². The van der Waals surface area contributed by atoms with Crippen LogP contribution in [0.15, 0.2) is 30.3 Å². The molecule has 2 rings (SSSR count). The number of amides is 7. The van der Waals surface area contributed by atoms with Crippen molar-refractivity contribution in [3.8, 4) is 0 Å². The number of unbranched alkanes of at least 4 members (excludes halogenated alkanes) is 4. The zero-order valence-corrected chi connectivity index (χ0v) is 49.3. The number of aliphatic hydroxyl groups is 3. The molecule has 0 spiro atoms. The molecular formula is C58H97N11O14. The van der Waals surface area contributed by atoms with Crippen LogP contribution in [0.25, 0.3) is 0 Å². The zero-order valence-electron chi connectivity index (χ0n) is 49.3. The Kier molecular flexibility index (Phi) is 34.7. The van der Waals surface area contributed by atoms with E-state index in [1.54, 1.807) is 44.2 Å². The average Bonchev–Trinajstić information content (AvgIpc) is 3.53. The van der Waals surface area contributed by atoms with Crippen LogP contribution in [0, 0.1) is 29.6 Å². The lowest BCUT2D eigenvalue weighted by atomic mass is 9.90. The first-order valence-corrected chi connectivity index (χ1v) is 29.5. The smallest absolute Gasteiger partial charge is 0.245 e. The van der Waals surface area contributed by atoms with Gasteiger partial charge in [-0.1, -0.05) is 76.8 Å². The van der Waals surface area contributed by atoms with Gasteiger partial charge in [-0.2, -0.15) is 0 Å². The summed E-state index contributed by atoms with van der Waals surface area (Å²) in [5.74, 6) is -13.1. The molecule has 1 aliphatic rings. The summed E-state index contributed by atoms with van der Waals surface area (Å²) in [7, 11) is 0. The molecule has 7 amide bonds. The van der Waals surface area contributed by atoms with Crippen molar-refractivity contribution in [2.24, 2.45) is 52.5 Å². The van der Waals surface area contributed by atoms with Gasteiger partial charge in [0.25, 0.3) is 0 Å². The van der Waals surface area contributed by atoms with E-state index in [2.05, 4.69) is 44.1 Å². The van der Waals surface area contributed by atoms with E-state index in [4.69, 9.17) is 22.9 Å². The molecule has 0 bridgehead atoms. The molecule has 1 heterocycles. The van der Waals surface area contributed by atoms with Crippen LogP contribution in [-0.2, 0) is 59.2 Å². The maximum Gasteiger partial charge on any atom is 0.245 e. The maximum absolute atomic E-state index is 14.4. The Bertz CT molecular complexity index is 2250. The second kappa shape index (κ2) is 39.5. The van der Waals surface area contributed by atoms with E-state index in [0.29, 0.717) is 12.0 Å². The predicted molar refractivity (Wildman–Crippen MR) is 310 cm³/mol. The summed E-state index contributed by atoms with van der Waals surface area (Å²) in [6.07, 6.45) is -0.569. The number of rotatable bonds is 30. The molecule has 1 fully saturated rings. The molecule has 0 unspecified atom stereocenters. The SMILES string of the molecule is CCCCCCCC(=O)C[C@@H](CCN)C(=O)N[C@H](C(=O)C[C@@H](CCN)C(=O)N[C@H]1CCNC(=O)[C@H]([C@@H](C)O)NC(=O)[C@H](CCN)CC(=O)[C@H](CCN)NC(=O)[C@H](CC(C)C)NC(=O)[C@@H](Cc2ccccc2)CC(=O)[C@H](CO)NC1=O)[C@@H](C)O. The van der Waals surface area contributed by atoms with E-state index in [-0.39, 0.29) is 89.2 Å². The van der Waals surface area contributed by atoms with Gasteiger partial charge in [0.1, 0.15) is 36.0 Å². The summed E-state index contributed by atoms with van der Waals surface area (Å²) in [5, 5.41) is 50.2. The van der Waals surface area contributed by atoms with Crippen LogP contribution in [0.3, 0.4) is 0 Å². The lowest BCUT2D eigenvalue weighted by Crippen LogP contribution is -2.56. The van der Waals surface area contributed by atoms with Gasteiger partial charge < -0.3 is 75.5 Å². The topological polar surface area (TPSA) is 437 Å². The lowest BCUT2D eigenvalue weighted by molar-refractivity contribution is -0.137. The molecule has 0 radical (unpaired) electrons. The molecule has 468 valence electrons. The van der Waals surface area contributed by atoms with Crippen LogP contribution in [0.4, 0.5) is 0 Å². The summed E-state index contributed by atoms with van der Waals surface area (Å²) in [6.45, 7) is 6.46. The zero-order chi connectivity index (χ0) is 62.2. The van der Waals surface area contributed by atoms with Crippen LogP contribution in [-0.4, -0.2) is 168 Å². The van der Waals surface area contributed by atoms with Gasteiger partial charge in [0.2, 0.25) is 41.4 Å². The lowest BCUT2D eigenvalue weighted by Gasteiger charge is -2.27. The number of ketones is 4. The fourth-order valence-corrected chi connectivity index (χ4v) is 9.85. The van der Waals surface area contributed by atoms with Gasteiger partial charge >= 0.3 is 0 Å². The molecule has 12 atom stereocenters. The highest BCUT2D eigenvalue weighted by molar-refractivity contribution is 5.99. The first kappa shape index (κ1) is 73.0. The van der Waals surface area contributed by atoms with Gasteiger partial charge in [-0.25, -0.2) is 0 Å². The Morgan fingerprint density at radius 2 is 1.23 bits per heavy atom. The number of hydrogen-bond donors (Lipinski definition) is 14. The molecular weight excluding hydrogens is 1070 g/mol. The first-order chi connectivity index (χ1) is 39.4. The van der Waals surface area contributed by atoms with Crippen molar-refractivity contribution in [1.82, 2.24) is 37.2 Å². The largest absolute Gasteiger partial charge is 0.394 e. The Balaban J connectivity index is 2.65. The average molecular weight is 1170 g/mol. The second-order valence-electron chi connectivity index (χ2n) is 22.3. The number of benzene rings is 1. The Hall–Kier alpha value is -6.09. The quantitative estimate of drug-likeness (QED) is 0.0391. The summed E-state index contributed by atoms with van der Waals surface area (Å²) in [6, 6.07) is -0.412. The molecule has 1 aromatic carbocycles. The van der Waals surface area contributed by atoms with E-state index in [0.717, 1.165) is 25.7 Å². The highest BCUT2D eigenvalue weighted by Crippen LogP contribution is 2.20. The van der Waals surface area contributed by atoms with Crippen LogP contribution in [0.5, 0.6) is 0 Å². The summed E-state index contributed by atoms with van der Waals surface area (Å²) in [4.78, 5) is 154. The summed E-state index contributed by atoms with van der Waals surface area (Å²) in [5.41, 5.74) is 24.1. The fraction of sp³-hybridized carbons (Fsp3) is 0.707. The molecule has 1 saturated heterocycles. The van der Waals surface area contributed by atoms with Crippen LogP contribution >= 0.6 is 0 Å². The minimum atomic E-state index is -1.70. The normalized spacial score (nSPS) is 23.0. The third-order valence-electron chi connectivity index (χ3n) is 14.7. The van der Waals surface area contributed by atoms with Gasteiger partial charge in [0.05, 0.1) is 24.9 Å². The monoisotopic (exact) mass is 1170 g/mol. The van der Waals surface area contributed by atoms with E-state index >= 15 is 0 Å². The molecule has 25 heteroatoms. The van der Waals surface area contributed by atoms with Crippen LogP contribution in [0.2, 0.25) is 0 Å². The predicted octanol–water partition coefficient (Wildman–Crippen LogP) is -1.48. The molecule has 1 aromatic rings. The van der Waals surface area contributed by atoms with Crippen molar-refractivity contribution in [3.05, 3.63) is 35.9 Å². The van der Waals surface area contributed by atoms with E-state index in [1.807, 2.05) is 0 Å². The minimum absolute atomic E-state index is 0.0424. The Morgan fingerprint density at radius 1 is 0.651 bits per heavy atom. The van der Waals surface area contributed by atoms with E-state index in [1.165, 1.54) is 13.8 Å². The number of carbonyl (C=O) groups excluding carboxylic acids is 11. The molecule has 1 aliphatic heterocycles. The minimum Gasteiger partial charge on any atom is -0.394 e. The maximum atomic E-state index is 14.4. The molecule has 18 N–H and O–H groups in total. The summed E-state index contributed by atoms with van der Waals surface area (Å²) >= 11 is 0. The third-order valence-corrected chi connectivity index (χ3v) is 14.7. The third kappa shape index (κ3) is 26.6. The van der Waals surface area contributed by atoms with Crippen LogP contribution < -0.4 is 60.2 Å². The van der Waals surface area contributed by atoms with Crippen molar-refractivity contribution in [3.63, 3.8) is 0 Å². The van der Waals surface area contributed by atoms with Crippen molar-refractivity contribution in [2.75, 3.05) is 39.3 Å². The number of aliphatic hydroxyl groups excluding tert-OH is 3. The highest BCUT2D eigenvalue weighted by atomic mass is 16.3. The highest BCUT2D eigenvalue weighted by Gasteiger charge is 2.38. The first-order valence-electron chi connectivity index (χ1n) is 29.5. The van der Waals surface area contributed by atoms with Crippen molar-refractivity contribution in [2.45, 2.75) is 192 Å². The number of hydrogen-bond acceptors (Lipinski definition) is 18. The molecule has 0 aromatic heterocycles. The number of nitrogens with one attached hydrogen (secondary N) is 7. The Morgan fingerprint density at radius 3 is 1.81 bits per heavy atom. The molecule has 0 aliphatic carbocycles. The van der Waals surface area contributed by atoms with Gasteiger partial charge in [-0.15, -0.1) is 0 Å². The number of Topliss-reactive ketones (excluding diaryl/α,β-unsaturated/α-hetero) is 4. The standard InChI is InChI=1S/C58H97N11O14/c1-6-7-8-9-13-16-42(73)29-38(17-22-59)53(78)68-50(35(4)71)49(76)31-40(19-24-61)52(77)65-44-21-26-63-58(83)51(36(5)72)69-54(79)39(18-23-60)30-47(74)43(20-25-62)64-57(82)45(27-34(2)3)66-55(80)41(28-37-14-11-10-12-15-37)32-48(75)46(33-70)67-56(44)81/h10-12,14-15,34-36,38-41,43-46,50-51,70-72H,6-9,13,16-33,59-62H2,1-5H3,(H,63,83)(H,64,82)(H,65,77)(H,66,80)(H,67,81)(H,68,78)(H,69,79)/t35-,36-,38-,39-,40-,41+,43+,44+,45+,46+,50+,51+/m1/s1. The Labute approximate surface area is 488 Å². The molecule has 83 heavy (non-hydrogen) atoms. The molecule has 25 nitrogen and oxygen atoms in total. The van der Waals surface area contributed by atoms with Gasteiger partial charge in [0, 0.05) is 62.3 Å². The van der Waals surface area contributed by atoms with Gasteiger partial charge in [0.15, 0.2) is 17.3 Å². The van der Waals surface area contributed by atoms with Gasteiger partial charge in [-0.3, -0.25) is 52.7 Å². The van der Waals surface area contributed by atoms with Crippen LogP contribution in [0.1, 0.15) is 143 Å². The number of nitrogens with two attached hydrogens (primary N) is 4. The summed E-state index contributed by atoms with van der Waals surface area (Å²) < 4.78 is 0. The van der Waals surface area contributed by atoms with E-state index < -0.39 is 170 Å². The van der Waals surface area contributed by atoms with Crippen molar-refractivity contribution < 1.29 is 68.1 Å². The van der Waals surface area contributed by atoms with E-state index in [9.17, 15) is 68.1 Å². The molecule has 0 saturated carbocycles. The van der Waals surface area contributed by atoms with Crippen molar-refractivity contribution >= 4 is 64.5 Å². The second-order valence-corrected chi connectivity index (χ2v) is 22.3. The fourth-order valence-electron chi connectivity index (χ4n) is 9.85.